The Labute approximate surface area is 119 Å². The van der Waals surface area contributed by atoms with Crippen LogP contribution in [0.2, 0.25) is 5.02 Å². The molecule has 0 aromatic heterocycles. The van der Waals surface area contributed by atoms with Crippen LogP contribution in [0.3, 0.4) is 0 Å². The van der Waals surface area contributed by atoms with Crippen molar-refractivity contribution in [2.45, 2.75) is 25.7 Å². The van der Waals surface area contributed by atoms with E-state index in [0.717, 1.165) is 12.1 Å². The van der Waals surface area contributed by atoms with Crippen LogP contribution in [-0.2, 0) is 0 Å². The van der Waals surface area contributed by atoms with Gasteiger partial charge in [-0.25, -0.2) is 5.43 Å². The van der Waals surface area contributed by atoms with E-state index < -0.39 is 6.29 Å². The van der Waals surface area contributed by atoms with Gasteiger partial charge < -0.3 is 14.5 Å². The Kier molecular flexibility index (Phi) is 3.02. The van der Waals surface area contributed by atoms with Gasteiger partial charge in [0, 0.05) is 24.7 Å². The van der Waals surface area contributed by atoms with E-state index in [1.807, 2.05) is 25.1 Å². The maximum atomic E-state index is 13.0. The third-order valence-electron chi connectivity index (χ3n) is 3.29. The fourth-order valence-electron chi connectivity index (χ4n) is 2.31. The van der Waals surface area contributed by atoms with Crippen LogP contribution in [0.15, 0.2) is 18.2 Å². The fourth-order valence-corrected chi connectivity index (χ4v) is 2.56. The lowest BCUT2D eigenvalue weighted by molar-refractivity contribution is -0.286. The van der Waals surface area contributed by atoms with E-state index in [0.29, 0.717) is 10.6 Å². The molecule has 2 aliphatic rings. The number of nitrogens with one attached hydrogen (secondary N) is 1. The molecule has 2 aliphatic heterocycles. The molecule has 3 rings (SSSR count). The highest BCUT2D eigenvalue weighted by Crippen LogP contribution is 2.45. The van der Waals surface area contributed by atoms with Crippen LogP contribution in [0.25, 0.3) is 5.70 Å². The maximum absolute atomic E-state index is 13.0. The van der Waals surface area contributed by atoms with Gasteiger partial charge in [0.15, 0.2) is 11.5 Å². The minimum Gasteiger partial charge on any atom is -0.395 e. The van der Waals surface area contributed by atoms with Gasteiger partial charge >= 0.3 is 6.29 Å². The summed E-state index contributed by atoms with van der Waals surface area (Å²) in [5, 5.41) is 2.15. The maximum Gasteiger partial charge on any atom is 0.586 e. The normalized spacial score (nSPS) is 23.1. The number of rotatable bonds is 2. The van der Waals surface area contributed by atoms with Crippen LogP contribution in [0.5, 0.6) is 11.5 Å². The minimum absolute atomic E-state index is 0.0105. The lowest BCUT2D eigenvalue weighted by atomic mass is 10.1. The van der Waals surface area contributed by atoms with Crippen LogP contribution in [0, 0.1) is 0 Å². The Morgan fingerprint density at radius 2 is 2.00 bits per heavy atom. The van der Waals surface area contributed by atoms with Gasteiger partial charge in [0.2, 0.25) is 0 Å². The second kappa shape index (κ2) is 4.49. The van der Waals surface area contributed by atoms with Crippen LogP contribution in [0.4, 0.5) is 8.78 Å². The fraction of sp³-hybridized carbons (Fsp3) is 0.385. The molecule has 108 valence electrons. The summed E-state index contributed by atoms with van der Waals surface area (Å²) in [6.45, 7) is 2.05. The van der Waals surface area contributed by atoms with E-state index in [1.165, 1.54) is 12.1 Å². The van der Waals surface area contributed by atoms with Crippen molar-refractivity contribution in [1.82, 2.24) is 10.4 Å². The van der Waals surface area contributed by atoms with Gasteiger partial charge in [-0.15, -0.1) is 8.78 Å². The van der Waals surface area contributed by atoms with E-state index in [4.69, 9.17) is 11.6 Å². The molecule has 0 amide bonds. The zero-order valence-corrected chi connectivity index (χ0v) is 11.7. The molecule has 1 unspecified atom stereocenters. The largest absolute Gasteiger partial charge is 0.586 e. The number of hydrazine groups is 1. The van der Waals surface area contributed by atoms with Crippen LogP contribution < -0.4 is 14.9 Å². The zero-order chi connectivity index (χ0) is 14.5. The molecule has 0 saturated heterocycles. The van der Waals surface area contributed by atoms with E-state index >= 15 is 0 Å². The standard InChI is InChI=1S/C13H13ClF2N2O2/c1-3-7-4-10(18(2)17-7)8-5-11-12(6-9(8)14)20-13(15,16)19-11/h4-7,17H,3H2,1-2H3. The molecule has 0 radical (unpaired) electrons. The predicted molar refractivity (Wildman–Crippen MR) is 70.6 cm³/mol. The van der Waals surface area contributed by atoms with Crippen molar-refractivity contribution in [3.05, 3.63) is 28.8 Å². The Bertz CT molecular complexity index is 592. The summed E-state index contributed by atoms with van der Waals surface area (Å²) >= 11 is 6.16. The summed E-state index contributed by atoms with van der Waals surface area (Å²) in [5.74, 6) is -0.0614. The minimum atomic E-state index is -3.63. The monoisotopic (exact) mass is 302 g/mol. The molecule has 0 spiro atoms. The first-order chi connectivity index (χ1) is 9.39. The molecule has 0 saturated carbocycles. The van der Waals surface area contributed by atoms with Crippen molar-refractivity contribution in [3.8, 4) is 11.5 Å². The molecule has 0 fully saturated rings. The van der Waals surface area contributed by atoms with Gasteiger partial charge in [-0.3, -0.25) is 0 Å². The van der Waals surface area contributed by atoms with Crippen molar-refractivity contribution >= 4 is 17.3 Å². The number of halogens is 3. The van der Waals surface area contributed by atoms with E-state index in [9.17, 15) is 8.78 Å². The molecule has 1 N–H and O–H groups in total. The van der Waals surface area contributed by atoms with Gasteiger partial charge in [-0.2, -0.15) is 0 Å². The molecule has 4 nitrogen and oxygen atoms in total. The first-order valence-electron chi connectivity index (χ1n) is 6.21. The van der Waals surface area contributed by atoms with Crippen LogP contribution in [0.1, 0.15) is 18.9 Å². The van der Waals surface area contributed by atoms with E-state index in [-0.39, 0.29) is 17.5 Å². The number of hydrogen-bond acceptors (Lipinski definition) is 4. The summed E-state index contributed by atoms with van der Waals surface area (Å²) in [4.78, 5) is 0. The number of nitrogens with zero attached hydrogens (tertiary/aromatic N) is 1. The first-order valence-corrected chi connectivity index (χ1v) is 6.59. The van der Waals surface area contributed by atoms with Crippen LogP contribution in [-0.4, -0.2) is 24.4 Å². The Morgan fingerprint density at radius 3 is 2.60 bits per heavy atom. The van der Waals surface area contributed by atoms with E-state index in [1.54, 1.807) is 0 Å². The molecule has 1 aromatic carbocycles. The van der Waals surface area contributed by atoms with Crippen molar-refractivity contribution < 1.29 is 18.3 Å². The number of hydrogen-bond donors (Lipinski definition) is 1. The second-order valence-corrected chi connectivity index (χ2v) is 5.11. The quantitative estimate of drug-likeness (QED) is 0.909. The summed E-state index contributed by atoms with van der Waals surface area (Å²) in [5.41, 5.74) is 4.67. The number of benzene rings is 1. The third kappa shape index (κ3) is 2.19. The molecular formula is C13H13ClF2N2O2. The molecule has 0 aliphatic carbocycles. The first kappa shape index (κ1) is 13.5. The highest BCUT2D eigenvalue weighted by Gasteiger charge is 2.44. The molecule has 0 bridgehead atoms. The summed E-state index contributed by atoms with van der Waals surface area (Å²) in [6.07, 6.45) is -0.722. The average molecular weight is 303 g/mol. The van der Waals surface area contributed by atoms with Gasteiger partial charge in [0.25, 0.3) is 0 Å². The topological polar surface area (TPSA) is 33.7 Å². The summed E-state index contributed by atoms with van der Waals surface area (Å²) < 4.78 is 34.9. The Balaban J connectivity index is 2.01. The van der Waals surface area contributed by atoms with Crippen LogP contribution >= 0.6 is 11.6 Å². The number of fused-ring (bicyclic) bond motifs is 1. The predicted octanol–water partition coefficient (Wildman–Crippen LogP) is 3.23. The molecule has 2 heterocycles. The highest BCUT2D eigenvalue weighted by atomic mass is 35.5. The smallest absolute Gasteiger partial charge is 0.395 e. The zero-order valence-electron chi connectivity index (χ0n) is 10.9. The third-order valence-corrected chi connectivity index (χ3v) is 3.60. The summed E-state index contributed by atoms with van der Waals surface area (Å²) in [6, 6.07) is 3.01. The van der Waals surface area contributed by atoms with Crippen molar-refractivity contribution in [2.24, 2.45) is 0 Å². The average Bonchev–Trinajstić information content (AvgIpc) is 2.86. The number of alkyl halides is 2. The highest BCUT2D eigenvalue weighted by molar-refractivity contribution is 6.32. The second-order valence-electron chi connectivity index (χ2n) is 4.70. The van der Waals surface area contributed by atoms with Gasteiger partial charge in [0.05, 0.1) is 10.7 Å². The van der Waals surface area contributed by atoms with E-state index in [2.05, 4.69) is 14.9 Å². The van der Waals surface area contributed by atoms with Gasteiger partial charge in [0.1, 0.15) is 0 Å². The SMILES string of the molecule is CCC1C=C(c2cc3c(cc2Cl)OC(F)(F)O3)N(C)N1. The molecular weight excluding hydrogens is 290 g/mol. The van der Waals surface area contributed by atoms with Crippen molar-refractivity contribution in [2.75, 3.05) is 7.05 Å². The Morgan fingerprint density at radius 1 is 1.35 bits per heavy atom. The summed E-state index contributed by atoms with van der Waals surface area (Å²) in [7, 11) is 1.84. The Hall–Kier alpha value is -1.53. The molecule has 1 aromatic rings. The number of ether oxygens (including phenoxy) is 2. The van der Waals surface area contributed by atoms with Crippen molar-refractivity contribution in [1.29, 1.82) is 0 Å². The lowest BCUT2D eigenvalue weighted by Gasteiger charge is -2.19. The molecule has 1 atom stereocenters. The molecule has 20 heavy (non-hydrogen) atoms. The van der Waals surface area contributed by atoms with Gasteiger partial charge in [-0.05, 0) is 18.6 Å². The lowest BCUT2D eigenvalue weighted by Crippen LogP contribution is -2.33. The van der Waals surface area contributed by atoms with Crippen molar-refractivity contribution in [3.63, 3.8) is 0 Å². The molecule has 7 heteroatoms. The van der Waals surface area contributed by atoms with Gasteiger partial charge in [-0.1, -0.05) is 18.5 Å².